The molecule has 0 atom stereocenters. The number of anilines is 2. The molecule has 0 spiro atoms. The number of nitriles is 1. The van der Waals surface area contributed by atoms with Gasteiger partial charge in [0.15, 0.2) is 12.2 Å². The van der Waals surface area contributed by atoms with E-state index in [1.165, 1.54) is 24.7 Å². The van der Waals surface area contributed by atoms with Gasteiger partial charge in [0.25, 0.3) is 5.92 Å². The Morgan fingerprint density at radius 2 is 1.97 bits per heavy atom. The monoisotopic (exact) mass is 399 g/mol. The van der Waals surface area contributed by atoms with Crippen molar-refractivity contribution in [1.82, 2.24) is 4.98 Å². The van der Waals surface area contributed by atoms with Gasteiger partial charge in [0.1, 0.15) is 17.6 Å². The molecule has 1 aliphatic carbocycles. The topological polar surface area (TPSA) is 126 Å². The maximum Gasteiger partial charge on any atom is 0.256 e. The van der Waals surface area contributed by atoms with Crippen LogP contribution in [0.5, 0.6) is 0 Å². The van der Waals surface area contributed by atoms with Crippen LogP contribution in [0, 0.1) is 22.6 Å². The summed E-state index contributed by atoms with van der Waals surface area (Å²) in [5.74, 6) is -3.29. The van der Waals surface area contributed by atoms with Gasteiger partial charge in [-0.3, -0.25) is 5.41 Å². The molecule has 0 aliphatic heterocycles. The molecule has 0 radical (unpaired) electrons. The van der Waals surface area contributed by atoms with E-state index in [0.717, 1.165) is 0 Å². The van der Waals surface area contributed by atoms with E-state index in [2.05, 4.69) is 4.98 Å². The number of alkyl halides is 2. The van der Waals surface area contributed by atoms with E-state index in [1.54, 1.807) is 24.3 Å². The van der Waals surface area contributed by atoms with Gasteiger partial charge in [-0.1, -0.05) is 6.07 Å². The summed E-state index contributed by atoms with van der Waals surface area (Å²) in [6.45, 7) is 0. The molecule has 3 aromatic rings. The third-order valence-electron chi connectivity index (χ3n) is 4.37. The Hall–Kier alpha value is -3.80. The predicted molar refractivity (Wildman–Crippen MR) is 101 cm³/mol. The minimum absolute atomic E-state index is 0.00551. The Bertz CT molecular complexity index is 1100. The standard InChI is InChI=1S/C10H6F3N.C10H10N4O/c11-9-7(5-14)2-1-6-3-10(12,13)4-8(6)9;11-6-1-2-8(12)7(3-6)10(13)9-4-14-5-15-9/h1-2H,3-4H2;1-5,13H,11-12H2. The van der Waals surface area contributed by atoms with Crippen molar-refractivity contribution in [1.29, 1.82) is 10.7 Å². The Labute approximate surface area is 164 Å². The van der Waals surface area contributed by atoms with E-state index < -0.39 is 24.6 Å². The van der Waals surface area contributed by atoms with Crippen molar-refractivity contribution in [2.75, 3.05) is 11.5 Å². The number of nitrogens with one attached hydrogen (secondary N) is 1. The summed E-state index contributed by atoms with van der Waals surface area (Å²) in [4.78, 5) is 3.74. The van der Waals surface area contributed by atoms with Crippen molar-refractivity contribution < 1.29 is 17.6 Å². The first-order chi connectivity index (χ1) is 13.7. The molecule has 0 saturated heterocycles. The molecule has 6 nitrogen and oxygen atoms in total. The molecule has 0 bridgehead atoms. The first kappa shape index (κ1) is 19.9. The summed E-state index contributed by atoms with van der Waals surface area (Å²) in [6.07, 6.45) is 1.71. The number of nitrogens with zero attached hydrogens (tertiary/aromatic N) is 2. The lowest BCUT2D eigenvalue weighted by Crippen LogP contribution is -2.14. The number of hydrogen-bond acceptors (Lipinski definition) is 6. The predicted octanol–water partition coefficient (Wildman–Crippen LogP) is 3.69. The SMILES string of the molecule is N#Cc1ccc2c(c1F)CC(F)(F)C2.N=C(c1cnco1)c1cc(N)ccc1N. The van der Waals surface area contributed by atoms with Crippen molar-refractivity contribution >= 4 is 17.1 Å². The molecular formula is C20H16F3N5O. The van der Waals surface area contributed by atoms with Gasteiger partial charge < -0.3 is 15.9 Å². The highest BCUT2D eigenvalue weighted by atomic mass is 19.3. The smallest absolute Gasteiger partial charge is 0.256 e. The molecule has 0 saturated carbocycles. The highest BCUT2D eigenvalue weighted by Crippen LogP contribution is 2.36. The first-order valence-electron chi connectivity index (χ1n) is 8.43. The van der Waals surface area contributed by atoms with Gasteiger partial charge in [0, 0.05) is 29.8 Å². The lowest BCUT2D eigenvalue weighted by atomic mass is 10.1. The summed E-state index contributed by atoms with van der Waals surface area (Å²) in [6, 6.07) is 9.27. The number of nitrogen functional groups attached to an aromatic ring is 2. The van der Waals surface area contributed by atoms with Gasteiger partial charge in [-0.25, -0.2) is 18.2 Å². The van der Waals surface area contributed by atoms with Gasteiger partial charge >= 0.3 is 0 Å². The van der Waals surface area contributed by atoms with E-state index in [1.807, 2.05) is 0 Å². The Balaban J connectivity index is 0.000000166. The highest BCUT2D eigenvalue weighted by Gasteiger charge is 2.39. The summed E-state index contributed by atoms with van der Waals surface area (Å²) in [7, 11) is 0. The van der Waals surface area contributed by atoms with Crippen LogP contribution in [-0.4, -0.2) is 16.6 Å². The third-order valence-corrected chi connectivity index (χ3v) is 4.37. The molecule has 29 heavy (non-hydrogen) atoms. The second-order valence-corrected chi connectivity index (χ2v) is 6.47. The maximum atomic E-state index is 13.4. The molecule has 1 heterocycles. The van der Waals surface area contributed by atoms with Crippen molar-refractivity contribution in [3.8, 4) is 6.07 Å². The molecule has 4 rings (SSSR count). The van der Waals surface area contributed by atoms with Crippen molar-refractivity contribution in [2.24, 2.45) is 0 Å². The Kier molecular flexibility index (Phi) is 5.28. The molecule has 1 aromatic heterocycles. The van der Waals surface area contributed by atoms with E-state index in [-0.39, 0.29) is 16.8 Å². The van der Waals surface area contributed by atoms with Crippen LogP contribution in [0.15, 0.2) is 47.3 Å². The van der Waals surface area contributed by atoms with Crippen LogP contribution in [0.1, 0.15) is 28.0 Å². The molecule has 148 valence electrons. The van der Waals surface area contributed by atoms with Crippen LogP contribution in [0.2, 0.25) is 0 Å². The molecule has 5 N–H and O–H groups in total. The third kappa shape index (κ3) is 4.21. The fraction of sp³-hybridized carbons (Fsp3) is 0.150. The van der Waals surface area contributed by atoms with Crippen LogP contribution in [0.4, 0.5) is 24.5 Å². The number of benzene rings is 2. The zero-order valence-electron chi connectivity index (χ0n) is 15.0. The zero-order chi connectivity index (χ0) is 21.2. The number of oxazole rings is 1. The fourth-order valence-electron chi connectivity index (χ4n) is 2.97. The van der Waals surface area contributed by atoms with Crippen LogP contribution < -0.4 is 11.5 Å². The van der Waals surface area contributed by atoms with Crippen molar-refractivity contribution in [3.05, 3.63) is 76.8 Å². The average Bonchev–Trinajstić information content (AvgIpc) is 3.31. The molecular weight excluding hydrogens is 383 g/mol. The minimum atomic E-state index is -2.86. The molecule has 0 amide bonds. The van der Waals surface area contributed by atoms with Crippen molar-refractivity contribution in [3.63, 3.8) is 0 Å². The van der Waals surface area contributed by atoms with Crippen LogP contribution in [0.3, 0.4) is 0 Å². The molecule has 9 heteroatoms. The van der Waals surface area contributed by atoms with Gasteiger partial charge in [-0.15, -0.1) is 0 Å². The van der Waals surface area contributed by atoms with Gasteiger partial charge in [0.2, 0.25) is 0 Å². The normalized spacial score (nSPS) is 13.7. The average molecular weight is 399 g/mol. The fourth-order valence-corrected chi connectivity index (χ4v) is 2.97. The second kappa shape index (κ2) is 7.67. The number of fused-ring (bicyclic) bond motifs is 1. The summed E-state index contributed by atoms with van der Waals surface area (Å²) in [5, 5.41) is 16.4. The quantitative estimate of drug-likeness (QED) is 0.448. The molecule has 0 unspecified atom stereocenters. The molecule has 2 aromatic carbocycles. The number of aromatic nitrogens is 1. The molecule has 0 fully saturated rings. The van der Waals surface area contributed by atoms with E-state index in [4.69, 9.17) is 26.6 Å². The Morgan fingerprint density at radius 3 is 2.62 bits per heavy atom. The largest absolute Gasteiger partial charge is 0.442 e. The second-order valence-electron chi connectivity index (χ2n) is 6.47. The number of nitrogens with two attached hydrogens (primary N) is 2. The summed E-state index contributed by atoms with van der Waals surface area (Å²) >= 11 is 0. The van der Waals surface area contributed by atoms with Crippen molar-refractivity contribution in [2.45, 2.75) is 18.8 Å². The highest BCUT2D eigenvalue weighted by molar-refractivity contribution is 6.12. The minimum Gasteiger partial charge on any atom is -0.442 e. The Morgan fingerprint density at radius 1 is 1.21 bits per heavy atom. The van der Waals surface area contributed by atoms with Gasteiger partial charge in [-0.2, -0.15) is 5.26 Å². The van der Waals surface area contributed by atoms with Gasteiger partial charge in [0.05, 0.1) is 11.8 Å². The van der Waals surface area contributed by atoms with E-state index in [0.29, 0.717) is 28.3 Å². The number of hydrogen-bond donors (Lipinski definition) is 3. The van der Waals surface area contributed by atoms with Crippen LogP contribution in [-0.2, 0) is 12.8 Å². The van der Waals surface area contributed by atoms with Crippen LogP contribution >= 0.6 is 0 Å². The van der Waals surface area contributed by atoms with Gasteiger partial charge in [-0.05, 0) is 35.4 Å². The zero-order valence-corrected chi connectivity index (χ0v) is 15.0. The number of rotatable bonds is 2. The van der Waals surface area contributed by atoms with Crippen LogP contribution in [0.25, 0.3) is 0 Å². The van der Waals surface area contributed by atoms with E-state index >= 15 is 0 Å². The lowest BCUT2D eigenvalue weighted by Gasteiger charge is -2.05. The maximum absolute atomic E-state index is 13.4. The van der Waals surface area contributed by atoms with E-state index in [9.17, 15) is 13.2 Å². The molecule has 1 aliphatic rings. The number of halogens is 3. The first-order valence-corrected chi connectivity index (χ1v) is 8.43. The summed E-state index contributed by atoms with van der Waals surface area (Å²) < 4.78 is 44.2. The lowest BCUT2D eigenvalue weighted by molar-refractivity contribution is 0.0126. The summed E-state index contributed by atoms with van der Waals surface area (Å²) in [5.41, 5.74) is 13.3.